The molecule has 35 heavy (non-hydrogen) atoms. The Morgan fingerprint density at radius 2 is 1.17 bits per heavy atom. The predicted octanol–water partition coefficient (Wildman–Crippen LogP) is 5.84. The summed E-state index contributed by atoms with van der Waals surface area (Å²) in [5, 5.41) is 0.882. The monoisotopic (exact) mass is 518 g/mol. The molecule has 0 atom stereocenters. The maximum absolute atomic E-state index is 13.9. The van der Waals surface area contributed by atoms with Gasteiger partial charge in [-0.1, -0.05) is 0 Å². The summed E-state index contributed by atoms with van der Waals surface area (Å²) < 4.78 is 73.0. The fraction of sp³-hybridized carbons (Fsp3) is 0.259. The Bertz CT molecular complexity index is 1210. The molecule has 3 aromatic carbocycles. The van der Waals surface area contributed by atoms with Gasteiger partial charge in [0, 0.05) is 0 Å². The van der Waals surface area contributed by atoms with Crippen LogP contribution in [0.2, 0.25) is 0 Å². The maximum atomic E-state index is 13.9. The van der Waals surface area contributed by atoms with E-state index in [9.17, 15) is 21.6 Å². The summed E-state index contributed by atoms with van der Waals surface area (Å²) in [6.07, 6.45) is 4.62. The zero-order chi connectivity index (χ0) is 25.0. The van der Waals surface area contributed by atoms with Crippen LogP contribution in [0.1, 0.15) is 32.1 Å². The van der Waals surface area contributed by atoms with Crippen LogP contribution in [0.25, 0.3) is 0 Å². The molecule has 0 unspecified atom stereocenters. The Morgan fingerprint density at radius 3 is 1.54 bits per heavy atom. The molecule has 0 radical (unpaired) electrons. The van der Waals surface area contributed by atoms with Gasteiger partial charge in [0.2, 0.25) is 0 Å². The van der Waals surface area contributed by atoms with Crippen molar-refractivity contribution < 1.29 is 25.6 Å². The molecule has 0 aromatic heterocycles. The molecule has 0 spiro atoms. The average molecular weight is 519 g/mol. The molecule has 8 heteroatoms. The van der Waals surface area contributed by atoms with E-state index in [1.54, 1.807) is 91.0 Å². The molecule has 0 saturated heterocycles. The van der Waals surface area contributed by atoms with Gasteiger partial charge < -0.3 is 0 Å². The second kappa shape index (κ2) is 9.78. The minimum atomic E-state index is -6.05. The summed E-state index contributed by atoms with van der Waals surface area (Å²) >= 11 is 0. The third kappa shape index (κ3) is 4.63. The fourth-order valence-electron chi connectivity index (χ4n) is 4.72. The summed E-state index contributed by atoms with van der Waals surface area (Å²) in [6, 6.07) is 24.7. The van der Waals surface area contributed by atoms with Crippen molar-refractivity contribution in [3.63, 3.8) is 0 Å². The summed E-state index contributed by atoms with van der Waals surface area (Å²) in [5.41, 5.74) is -2.49. The van der Waals surface area contributed by atoms with E-state index in [0.29, 0.717) is 28.3 Å². The molecule has 0 bridgehead atoms. The number of hydrogen-bond acceptors (Lipinski definition) is 3. The van der Waals surface area contributed by atoms with Gasteiger partial charge in [0.1, 0.15) is 0 Å². The van der Waals surface area contributed by atoms with Crippen LogP contribution in [0.5, 0.6) is 0 Å². The third-order valence-electron chi connectivity index (χ3n) is 6.44. The van der Waals surface area contributed by atoms with E-state index in [1.807, 2.05) is 0 Å². The summed E-state index contributed by atoms with van der Waals surface area (Å²) in [4.78, 5) is 0. The molecule has 4 rings (SSSR count). The van der Waals surface area contributed by atoms with Gasteiger partial charge in [0.05, 0.1) is 0 Å². The number of benzene rings is 3. The third-order valence-corrected chi connectivity index (χ3v) is 13.4. The van der Waals surface area contributed by atoms with Crippen molar-refractivity contribution in [2.45, 2.75) is 37.6 Å². The first-order valence-electron chi connectivity index (χ1n) is 11.4. The SMILES string of the molecule is O=S(=O)(OP(C#CCC1CCCC1)(c1ccccc1)(c1ccccc1)c1ccccc1)C(F)(F)F. The van der Waals surface area contributed by atoms with Crippen LogP contribution in [0, 0.1) is 17.5 Å². The number of alkyl halides is 3. The van der Waals surface area contributed by atoms with Gasteiger partial charge in [0.15, 0.2) is 0 Å². The molecule has 3 aromatic rings. The van der Waals surface area contributed by atoms with Crippen LogP contribution in [0.4, 0.5) is 13.2 Å². The van der Waals surface area contributed by atoms with E-state index in [1.165, 1.54) is 0 Å². The molecule has 0 N–H and O–H groups in total. The zero-order valence-electron chi connectivity index (χ0n) is 19.0. The Hall–Kier alpha value is -2.65. The summed E-state index contributed by atoms with van der Waals surface area (Å²) in [5.74, 6) is 3.46. The normalized spacial score (nSPS) is 16.1. The molecule has 0 amide bonds. The number of rotatable bonds is 6. The van der Waals surface area contributed by atoms with Crippen LogP contribution in [-0.4, -0.2) is 13.9 Å². The van der Waals surface area contributed by atoms with Crippen molar-refractivity contribution in [2.75, 3.05) is 0 Å². The quantitative estimate of drug-likeness (QED) is 0.234. The van der Waals surface area contributed by atoms with Crippen molar-refractivity contribution in [3.05, 3.63) is 91.0 Å². The second-order valence-electron chi connectivity index (χ2n) is 8.66. The molecule has 3 nitrogen and oxygen atoms in total. The molecule has 1 aliphatic rings. The van der Waals surface area contributed by atoms with Gasteiger partial charge in [-0.2, -0.15) is 0 Å². The molecular weight excluding hydrogens is 492 g/mol. The van der Waals surface area contributed by atoms with Gasteiger partial charge in [-0.25, -0.2) is 0 Å². The van der Waals surface area contributed by atoms with E-state index in [4.69, 9.17) is 3.97 Å². The van der Waals surface area contributed by atoms with Crippen LogP contribution in [0.15, 0.2) is 91.0 Å². The Kier molecular flexibility index (Phi) is 7.11. The summed E-state index contributed by atoms with van der Waals surface area (Å²) in [6.45, 7) is -4.99. The molecule has 1 fully saturated rings. The Labute approximate surface area is 204 Å². The van der Waals surface area contributed by atoms with Crippen LogP contribution in [0.3, 0.4) is 0 Å². The van der Waals surface area contributed by atoms with Crippen molar-refractivity contribution in [1.29, 1.82) is 0 Å². The molecule has 0 aliphatic heterocycles. The standard InChI is InChI=1S/C27H26F3O3PS/c28-27(29,30)35(31,32)33-34(24-16-4-1-5-17-24,25-18-6-2-7-19-25,26-20-8-3-9-21-26)22-12-15-23-13-10-11-14-23/h1-9,16-21,23H,10-11,13-15H2. The van der Waals surface area contributed by atoms with Gasteiger partial charge in [-0.15, -0.1) is 0 Å². The topological polar surface area (TPSA) is 43.4 Å². The van der Waals surface area contributed by atoms with E-state index in [0.717, 1.165) is 25.7 Å². The fourth-order valence-corrected chi connectivity index (χ4v) is 11.7. The molecule has 1 aliphatic carbocycles. The number of hydrogen-bond donors (Lipinski definition) is 0. The summed E-state index contributed by atoms with van der Waals surface area (Å²) in [7, 11) is -6.05. The van der Waals surface area contributed by atoms with Crippen LogP contribution >= 0.6 is 6.83 Å². The second-order valence-corrected chi connectivity index (χ2v) is 14.5. The number of halogens is 3. The van der Waals surface area contributed by atoms with E-state index < -0.39 is 22.5 Å². The average Bonchev–Trinajstić information content (AvgIpc) is 3.38. The van der Waals surface area contributed by atoms with Crippen molar-refractivity contribution in [2.24, 2.45) is 5.92 Å². The molecular formula is C27H26F3O3PS. The first-order valence-corrected chi connectivity index (χ1v) is 15.0. The van der Waals surface area contributed by atoms with Crippen molar-refractivity contribution >= 4 is 32.9 Å². The van der Waals surface area contributed by atoms with Gasteiger partial charge >= 0.3 is 205 Å². The van der Waals surface area contributed by atoms with Gasteiger partial charge in [-0.05, 0) is 0 Å². The van der Waals surface area contributed by atoms with E-state index in [2.05, 4.69) is 11.6 Å². The van der Waals surface area contributed by atoms with Gasteiger partial charge in [-0.3, -0.25) is 0 Å². The van der Waals surface area contributed by atoms with E-state index in [-0.39, 0.29) is 0 Å². The van der Waals surface area contributed by atoms with E-state index >= 15 is 0 Å². The molecule has 1 saturated carbocycles. The van der Waals surface area contributed by atoms with Gasteiger partial charge in [0.25, 0.3) is 0 Å². The zero-order valence-corrected chi connectivity index (χ0v) is 20.7. The van der Waals surface area contributed by atoms with Crippen LogP contribution in [-0.2, 0) is 14.1 Å². The minimum absolute atomic E-state index is 0.294. The Morgan fingerprint density at radius 1 is 0.771 bits per heavy atom. The predicted molar refractivity (Wildman–Crippen MR) is 136 cm³/mol. The van der Waals surface area contributed by atoms with Crippen molar-refractivity contribution in [3.8, 4) is 11.6 Å². The van der Waals surface area contributed by atoms with Crippen LogP contribution < -0.4 is 15.9 Å². The first kappa shape index (κ1) is 25.4. The van der Waals surface area contributed by atoms with Crippen molar-refractivity contribution in [1.82, 2.24) is 0 Å². The Balaban J connectivity index is 2.15. The first-order chi connectivity index (χ1) is 16.7. The molecule has 184 valence electrons. The molecule has 0 heterocycles.